The molecule has 0 atom stereocenters. The van der Waals surface area contributed by atoms with Crippen molar-refractivity contribution in [1.82, 2.24) is 4.90 Å². The lowest BCUT2D eigenvalue weighted by Gasteiger charge is -2.18. The smallest absolute Gasteiger partial charge is 0.0558 e. The molecule has 0 amide bonds. The van der Waals surface area contributed by atoms with Gasteiger partial charge < -0.3 is 10.2 Å². The SMILES string of the molecule is CC.CCCN(CCO)CCO. The molecule has 0 radical (unpaired) electrons. The second-order valence-electron chi connectivity index (χ2n) is 2.29. The van der Waals surface area contributed by atoms with Crippen molar-refractivity contribution in [3.63, 3.8) is 0 Å². The van der Waals surface area contributed by atoms with Crippen molar-refractivity contribution in [2.45, 2.75) is 27.2 Å². The Hall–Kier alpha value is -0.120. The number of rotatable bonds is 6. The van der Waals surface area contributed by atoms with Crippen molar-refractivity contribution < 1.29 is 10.2 Å². The third-order valence-electron chi connectivity index (χ3n) is 1.37. The lowest BCUT2D eigenvalue weighted by atomic mass is 10.4. The van der Waals surface area contributed by atoms with E-state index in [1.807, 2.05) is 18.7 Å². The second-order valence-corrected chi connectivity index (χ2v) is 2.29. The summed E-state index contributed by atoms with van der Waals surface area (Å²) in [7, 11) is 0. The first-order chi connectivity index (χ1) is 5.85. The second kappa shape index (κ2) is 13.5. The maximum Gasteiger partial charge on any atom is 0.0558 e. The standard InChI is InChI=1S/C7H17NO2.C2H6/c1-2-3-8(4-6-9)5-7-10;1-2/h9-10H,2-7H2,1H3;1-2H3. The fourth-order valence-electron chi connectivity index (χ4n) is 0.934. The molecule has 0 aliphatic rings. The molecule has 0 rings (SSSR count). The maximum atomic E-state index is 8.57. The van der Waals surface area contributed by atoms with Gasteiger partial charge in [-0.1, -0.05) is 20.8 Å². The van der Waals surface area contributed by atoms with Crippen LogP contribution in [0.15, 0.2) is 0 Å². The predicted molar refractivity (Wildman–Crippen MR) is 52.3 cm³/mol. The van der Waals surface area contributed by atoms with E-state index in [0.29, 0.717) is 13.1 Å². The summed E-state index contributed by atoms with van der Waals surface area (Å²) in [5.41, 5.74) is 0. The Morgan fingerprint density at radius 2 is 1.33 bits per heavy atom. The average molecular weight is 177 g/mol. The molecule has 0 saturated carbocycles. The highest BCUT2D eigenvalue weighted by Crippen LogP contribution is 1.88. The molecule has 0 aromatic heterocycles. The van der Waals surface area contributed by atoms with Gasteiger partial charge in [-0.3, -0.25) is 4.90 Å². The summed E-state index contributed by atoms with van der Waals surface area (Å²) in [6.45, 7) is 8.76. The van der Waals surface area contributed by atoms with E-state index in [1.165, 1.54) is 0 Å². The summed E-state index contributed by atoms with van der Waals surface area (Å²) >= 11 is 0. The van der Waals surface area contributed by atoms with Crippen molar-refractivity contribution in [3.8, 4) is 0 Å². The summed E-state index contributed by atoms with van der Waals surface area (Å²) in [5, 5.41) is 17.1. The van der Waals surface area contributed by atoms with Crippen molar-refractivity contribution in [2.75, 3.05) is 32.8 Å². The molecule has 3 nitrogen and oxygen atoms in total. The minimum Gasteiger partial charge on any atom is -0.395 e. The van der Waals surface area contributed by atoms with Crippen LogP contribution in [0.3, 0.4) is 0 Å². The summed E-state index contributed by atoms with van der Waals surface area (Å²) in [5.74, 6) is 0. The quantitative estimate of drug-likeness (QED) is 0.628. The van der Waals surface area contributed by atoms with E-state index in [0.717, 1.165) is 13.0 Å². The molecule has 0 heterocycles. The fraction of sp³-hybridized carbons (Fsp3) is 1.00. The van der Waals surface area contributed by atoms with E-state index < -0.39 is 0 Å². The Labute approximate surface area is 76.0 Å². The van der Waals surface area contributed by atoms with Gasteiger partial charge in [-0.05, 0) is 13.0 Å². The predicted octanol–water partition coefficient (Wildman–Crippen LogP) is 0.709. The van der Waals surface area contributed by atoms with Crippen LogP contribution in [-0.4, -0.2) is 48.0 Å². The van der Waals surface area contributed by atoms with Gasteiger partial charge in [0.15, 0.2) is 0 Å². The molecule has 76 valence electrons. The van der Waals surface area contributed by atoms with Crippen LogP contribution >= 0.6 is 0 Å². The summed E-state index contributed by atoms with van der Waals surface area (Å²) < 4.78 is 0. The van der Waals surface area contributed by atoms with Gasteiger partial charge in [0.25, 0.3) is 0 Å². The zero-order chi connectivity index (χ0) is 9.82. The van der Waals surface area contributed by atoms with Gasteiger partial charge >= 0.3 is 0 Å². The molecule has 0 saturated heterocycles. The van der Waals surface area contributed by atoms with Crippen LogP contribution in [0.4, 0.5) is 0 Å². The highest BCUT2D eigenvalue weighted by atomic mass is 16.3. The zero-order valence-corrected chi connectivity index (χ0v) is 8.58. The number of hydrogen-bond acceptors (Lipinski definition) is 3. The lowest BCUT2D eigenvalue weighted by molar-refractivity contribution is 0.161. The number of aliphatic hydroxyl groups is 2. The van der Waals surface area contributed by atoms with E-state index in [-0.39, 0.29) is 13.2 Å². The molecule has 0 aliphatic carbocycles. The lowest BCUT2D eigenvalue weighted by Crippen LogP contribution is -2.30. The maximum absolute atomic E-state index is 8.57. The van der Waals surface area contributed by atoms with Crippen LogP contribution in [0, 0.1) is 0 Å². The van der Waals surface area contributed by atoms with Crippen molar-refractivity contribution >= 4 is 0 Å². The first kappa shape index (κ1) is 14.4. The van der Waals surface area contributed by atoms with E-state index in [2.05, 4.69) is 6.92 Å². The van der Waals surface area contributed by atoms with Crippen LogP contribution in [0.1, 0.15) is 27.2 Å². The van der Waals surface area contributed by atoms with Crippen LogP contribution in [0.2, 0.25) is 0 Å². The van der Waals surface area contributed by atoms with Crippen LogP contribution in [0.5, 0.6) is 0 Å². The highest BCUT2D eigenvalue weighted by molar-refractivity contribution is 4.53. The van der Waals surface area contributed by atoms with Gasteiger partial charge in [-0.25, -0.2) is 0 Å². The average Bonchev–Trinajstić information content (AvgIpc) is 2.10. The molecule has 0 fully saturated rings. The normalized spacial score (nSPS) is 9.50. The Morgan fingerprint density at radius 1 is 0.917 bits per heavy atom. The third-order valence-corrected chi connectivity index (χ3v) is 1.37. The number of nitrogens with zero attached hydrogens (tertiary/aromatic N) is 1. The fourth-order valence-corrected chi connectivity index (χ4v) is 0.934. The Kier molecular flexibility index (Phi) is 16.2. The van der Waals surface area contributed by atoms with Gasteiger partial charge in [0.2, 0.25) is 0 Å². The molecule has 0 bridgehead atoms. The molecule has 0 unspecified atom stereocenters. The summed E-state index contributed by atoms with van der Waals surface area (Å²) in [6, 6.07) is 0. The van der Waals surface area contributed by atoms with Gasteiger partial charge in [0, 0.05) is 13.1 Å². The Balaban J connectivity index is 0. The van der Waals surface area contributed by atoms with Crippen LogP contribution in [0.25, 0.3) is 0 Å². The molecular weight excluding hydrogens is 154 g/mol. The van der Waals surface area contributed by atoms with Crippen LogP contribution < -0.4 is 0 Å². The van der Waals surface area contributed by atoms with Crippen molar-refractivity contribution in [1.29, 1.82) is 0 Å². The Bertz CT molecular complexity index is 55.3. The first-order valence-corrected chi connectivity index (χ1v) is 4.79. The molecular formula is C9H23NO2. The van der Waals surface area contributed by atoms with E-state index >= 15 is 0 Å². The minimum atomic E-state index is 0.181. The molecule has 2 N–H and O–H groups in total. The van der Waals surface area contributed by atoms with Crippen molar-refractivity contribution in [2.24, 2.45) is 0 Å². The largest absolute Gasteiger partial charge is 0.395 e. The Morgan fingerprint density at radius 3 is 1.58 bits per heavy atom. The molecule has 0 aromatic carbocycles. The van der Waals surface area contributed by atoms with Crippen molar-refractivity contribution in [3.05, 3.63) is 0 Å². The van der Waals surface area contributed by atoms with Gasteiger partial charge in [0.1, 0.15) is 0 Å². The van der Waals surface area contributed by atoms with E-state index in [4.69, 9.17) is 10.2 Å². The molecule has 3 heteroatoms. The third kappa shape index (κ3) is 9.88. The molecule has 0 aromatic rings. The highest BCUT2D eigenvalue weighted by Gasteiger charge is 1.99. The molecule has 12 heavy (non-hydrogen) atoms. The summed E-state index contributed by atoms with van der Waals surface area (Å²) in [4.78, 5) is 2.04. The monoisotopic (exact) mass is 177 g/mol. The molecule has 0 aliphatic heterocycles. The van der Waals surface area contributed by atoms with E-state index in [1.54, 1.807) is 0 Å². The molecule has 0 spiro atoms. The van der Waals surface area contributed by atoms with Gasteiger partial charge in [-0.15, -0.1) is 0 Å². The van der Waals surface area contributed by atoms with Gasteiger partial charge in [0.05, 0.1) is 13.2 Å². The van der Waals surface area contributed by atoms with Crippen LogP contribution in [-0.2, 0) is 0 Å². The number of aliphatic hydroxyl groups excluding tert-OH is 2. The topological polar surface area (TPSA) is 43.7 Å². The zero-order valence-electron chi connectivity index (χ0n) is 8.58. The van der Waals surface area contributed by atoms with E-state index in [9.17, 15) is 0 Å². The van der Waals surface area contributed by atoms with Gasteiger partial charge in [-0.2, -0.15) is 0 Å². The number of hydrogen-bond donors (Lipinski definition) is 2. The summed E-state index contributed by atoms with van der Waals surface area (Å²) in [6.07, 6.45) is 1.07. The first-order valence-electron chi connectivity index (χ1n) is 4.79. The minimum absolute atomic E-state index is 0.181.